The Morgan fingerprint density at radius 3 is 2.46 bits per heavy atom. The molecule has 24 heavy (non-hydrogen) atoms. The molecule has 1 aromatic carbocycles. The average molecular weight is 348 g/mol. The van der Waals surface area contributed by atoms with Crippen LogP contribution >= 0.6 is 12.4 Å². The fourth-order valence-corrected chi connectivity index (χ4v) is 2.52. The Morgan fingerprint density at radius 1 is 1.21 bits per heavy atom. The van der Waals surface area contributed by atoms with Crippen LogP contribution in [0.3, 0.4) is 0 Å². The van der Waals surface area contributed by atoms with Crippen LogP contribution in [0.4, 0.5) is 0 Å². The van der Waals surface area contributed by atoms with Gasteiger partial charge in [0.2, 0.25) is 0 Å². The molecular formula is C19H26ClN3O. The van der Waals surface area contributed by atoms with Crippen LogP contribution in [0.25, 0.3) is 0 Å². The number of aromatic nitrogens is 1. The third-order valence-corrected chi connectivity index (χ3v) is 3.61. The molecule has 1 unspecified atom stereocenters. The number of nitrogens with two attached hydrogens (primary N) is 1. The van der Waals surface area contributed by atoms with Crippen molar-refractivity contribution in [1.29, 1.82) is 0 Å². The summed E-state index contributed by atoms with van der Waals surface area (Å²) in [4.78, 5) is 16.7. The third kappa shape index (κ3) is 5.95. The van der Waals surface area contributed by atoms with Crippen molar-refractivity contribution in [2.45, 2.75) is 39.8 Å². The predicted molar refractivity (Wildman–Crippen MR) is 100 cm³/mol. The van der Waals surface area contributed by atoms with Crippen molar-refractivity contribution >= 4 is 18.3 Å². The van der Waals surface area contributed by atoms with Gasteiger partial charge in [-0.25, -0.2) is 0 Å². The van der Waals surface area contributed by atoms with Crippen LogP contribution in [0.2, 0.25) is 0 Å². The first-order chi connectivity index (χ1) is 10.9. The van der Waals surface area contributed by atoms with Crippen LogP contribution in [-0.2, 0) is 6.54 Å². The minimum Gasteiger partial charge on any atom is -0.345 e. The van der Waals surface area contributed by atoms with E-state index in [0.717, 1.165) is 12.0 Å². The van der Waals surface area contributed by atoms with Gasteiger partial charge in [0.05, 0.1) is 11.7 Å². The molecule has 0 spiro atoms. The van der Waals surface area contributed by atoms with Gasteiger partial charge in [-0.1, -0.05) is 51.1 Å². The third-order valence-electron chi connectivity index (χ3n) is 3.61. The molecule has 0 radical (unpaired) electrons. The standard InChI is InChI=1S/C19H25N3O.ClH/c1-19(2,3)12-17(14-7-5-4-6-8-14)22-18(23)15-9-10-21-16(11-15)13-20;/h4-11,17H,12-13,20H2,1-3H3,(H,22,23);1H. The molecule has 0 aliphatic rings. The summed E-state index contributed by atoms with van der Waals surface area (Å²) in [5, 5.41) is 3.15. The lowest BCUT2D eigenvalue weighted by Gasteiger charge is -2.27. The molecule has 3 N–H and O–H groups in total. The van der Waals surface area contributed by atoms with Gasteiger partial charge >= 0.3 is 0 Å². The van der Waals surface area contributed by atoms with Crippen molar-refractivity contribution in [1.82, 2.24) is 10.3 Å². The lowest BCUT2D eigenvalue weighted by atomic mass is 9.85. The number of benzene rings is 1. The molecule has 1 heterocycles. The summed E-state index contributed by atoms with van der Waals surface area (Å²) in [7, 11) is 0. The molecular weight excluding hydrogens is 322 g/mol. The Hall–Kier alpha value is -1.91. The molecule has 0 aliphatic carbocycles. The number of carbonyl (C=O) groups is 1. The van der Waals surface area contributed by atoms with Crippen molar-refractivity contribution in [2.24, 2.45) is 11.1 Å². The highest BCUT2D eigenvalue weighted by Crippen LogP contribution is 2.29. The summed E-state index contributed by atoms with van der Waals surface area (Å²) in [6.45, 7) is 6.85. The number of hydrogen-bond donors (Lipinski definition) is 2. The highest BCUT2D eigenvalue weighted by Gasteiger charge is 2.22. The van der Waals surface area contributed by atoms with E-state index in [1.807, 2.05) is 18.2 Å². The minimum atomic E-state index is -0.0970. The highest BCUT2D eigenvalue weighted by atomic mass is 35.5. The highest BCUT2D eigenvalue weighted by molar-refractivity contribution is 5.94. The second kappa shape index (κ2) is 8.81. The maximum absolute atomic E-state index is 12.6. The second-order valence-corrected chi connectivity index (χ2v) is 6.94. The molecule has 1 atom stereocenters. The van der Waals surface area contributed by atoms with Crippen LogP contribution < -0.4 is 11.1 Å². The van der Waals surface area contributed by atoms with E-state index in [0.29, 0.717) is 17.8 Å². The van der Waals surface area contributed by atoms with Gasteiger partial charge in [-0.05, 0) is 29.5 Å². The molecule has 1 amide bonds. The first-order valence-electron chi connectivity index (χ1n) is 7.90. The quantitative estimate of drug-likeness (QED) is 0.862. The van der Waals surface area contributed by atoms with Gasteiger partial charge in [-0.3, -0.25) is 9.78 Å². The summed E-state index contributed by atoms with van der Waals surface area (Å²) in [6.07, 6.45) is 2.48. The van der Waals surface area contributed by atoms with E-state index in [1.54, 1.807) is 18.3 Å². The van der Waals surface area contributed by atoms with Crippen molar-refractivity contribution < 1.29 is 4.79 Å². The Labute approximate surface area is 150 Å². The first-order valence-corrected chi connectivity index (χ1v) is 7.90. The fraction of sp³-hybridized carbons (Fsp3) is 0.368. The van der Waals surface area contributed by atoms with E-state index in [9.17, 15) is 4.79 Å². The van der Waals surface area contributed by atoms with Gasteiger partial charge < -0.3 is 11.1 Å². The molecule has 0 saturated heterocycles. The molecule has 4 nitrogen and oxygen atoms in total. The molecule has 0 bridgehead atoms. The number of rotatable bonds is 5. The Balaban J connectivity index is 0.00000288. The van der Waals surface area contributed by atoms with E-state index in [2.05, 4.69) is 43.2 Å². The average Bonchev–Trinajstić information content (AvgIpc) is 2.54. The topological polar surface area (TPSA) is 68.0 Å². The van der Waals surface area contributed by atoms with Crippen LogP contribution in [0.15, 0.2) is 48.7 Å². The predicted octanol–water partition coefficient (Wildman–Crippen LogP) is 3.87. The van der Waals surface area contributed by atoms with E-state index in [1.165, 1.54) is 0 Å². The number of nitrogens with one attached hydrogen (secondary N) is 1. The Morgan fingerprint density at radius 2 is 1.88 bits per heavy atom. The second-order valence-electron chi connectivity index (χ2n) is 6.94. The van der Waals surface area contributed by atoms with Gasteiger partial charge in [0, 0.05) is 18.3 Å². The molecule has 2 aromatic rings. The number of nitrogens with zero attached hydrogens (tertiary/aromatic N) is 1. The number of amides is 1. The van der Waals surface area contributed by atoms with E-state index in [-0.39, 0.29) is 29.8 Å². The SMILES string of the molecule is CC(C)(C)CC(NC(=O)c1ccnc(CN)c1)c1ccccc1.Cl. The molecule has 2 rings (SSSR count). The maximum atomic E-state index is 12.6. The molecule has 0 fully saturated rings. The van der Waals surface area contributed by atoms with Crippen LogP contribution in [0.5, 0.6) is 0 Å². The summed E-state index contributed by atoms with van der Waals surface area (Å²) in [5.74, 6) is -0.0970. The molecule has 0 saturated carbocycles. The zero-order valence-electron chi connectivity index (χ0n) is 14.5. The number of halogens is 1. The Kier molecular flexibility index (Phi) is 7.39. The molecule has 130 valence electrons. The van der Waals surface area contributed by atoms with Crippen molar-refractivity contribution in [3.8, 4) is 0 Å². The van der Waals surface area contributed by atoms with Gasteiger partial charge in [0.1, 0.15) is 0 Å². The number of pyridine rings is 1. The molecule has 0 aliphatic heterocycles. The largest absolute Gasteiger partial charge is 0.345 e. The summed E-state index contributed by atoms with van der Waals surface area (Å²) in [5.41, 5.74) is 8.13. The van der Waals surface area contributed by atoms with Gasteiger partial charge in [0.15, 0.2) is 0 Å². The summed E-state index contributed by atoms with van der Waals surface area (Å²) >= 11 is 0. The van der Waals surface area contributed by atoms with Crippen molar-refractivity contribution in [2.75, 3.05) is 0 Å². The van der Waals surface area contributed by atoms with Gasteiger partial charge in [-0.15, -0.1) is 12.4 Å². The van der Waals surface area contributed by atoms with Crippen LogP contribution in [0, 0.1) is 5.41 Å². The zero-order valence-corrected chi connectivity index (χ0v) is 15.3. The van der Waals surface area contributed by atoms with Crippen LogP contribution in [0.1, 0.15) is 54.8 Å². The lowest BCUT2D eigenvalue weighted by molar-refractivity contribution is 0.0926. The smallest absolute Gasteiger partial charge is 0.251 e. The maximum Gasteiger partial charge on any atom is 0.251 e. The van der Waals surface area contributed by atoms with Crippen molar-refractivity contribution in [3.63, 3.8) is 0 Å². The fourth-order valence-electron chi connectivity index (χ4n) is 2.52. The van der Waals surface area contributed by atoms with E-state index >= 15 is 0 Å². The Bertz CT molecular complexity index is 653. The molecule has 1 aromatic heterocycles. The lowest BCUT2D eigenvalue weighted by Crippen LogP contribution is -2.31. The summed E-state index contributed by atoms with van der Waals surface area (Å²) in [6, 6.07) is 13.5. The van der Waals surface area contributed by atoms with Gasteiger partial charge in [0.25, 0.3) is 5.91 Å². The first kappa shape index (κ1) is 20.1. The number of hydrogen-bond acceptors (Lipinski definition) is 3. The van der Waals surface area contributed by atoms with Crippen molar-refractivity contribution in [3.05, 3.63) is 65.5 Å². The zero-order chi connectivity index (χ0) is 16.9. The van der Waals surface area contributed by atoms with E-state index < -0.39 is 0 Å². The van der Waals surface area contributed by atoms with Gasteiger partial charge in [-0.2, -0.15) is 0 Å². The number of carbonyl (C=O) groups excluding carboxylic acids is 1. The monoisotopic (exact) mass is 347 g/mol. The normalized spacial score (nSPS) is 12.2. The molecule has 5 heteroatoms. The summed E-state index contributed by atoms with van der Waals surface area (Å²) < 4.78 is 0. The minimum absolute atomic E-state index is 0. The van der Waals surface area contributed by atoms with E-state index in [4.69, 9.17) is 5.73 Å². The van der Waals surface area contributed by atoms with Crippen LogP contribution in [-0.4, -0.2) is 10.9 Å².